The van der Waals surface area contributed by atoms with Gasteiger partial charge in [-0.1, -0.05) is 54.0 Å². The van der Waals surface area contributed by atoms with Crippen molar-refractivity contribution in [3.8, 4) is 0 Å². The van der Waals surface area contributed by atoms with Crippen molar-refractivity contribution in [2.45, 2.75) is 26.8 Å². The third kappa shape index (κ3) is 4.69. The number of likely N-dealkylation sites (N-methyl/N-ethyl adjacent to an activating group) is 1. The Morgan fingerprint density at radius 1 is 1.38 bits per heavy atom. The summed E-state index contributed by atoms with van der Waals surface area (Å²) in [6.07, 6.45) is 0.579. The molecule has 0 aliphatic carbocycles. The van der Waals surface area contributed by atoms with Gasteiger partial charge in [0.15, 0.2) is 5.82 Å². The maximum Gasteiger partial charge on any atom is 0.240 e. The summed E-state index contributed by atoms with van der Waals surface area (Å²) < 4.78 is 5.32. The van der Waals surface area contributed by atoms with Gasteiger partial charge in [-0.05, 0) is 25.1 Å². The summed E-state index contributed by atoms with van der Waals surface area (Å²) in [5.41, 5.74) is 2.12. The zero-order valence-corrected chi connectivity index (χ0v) is 13.2. The molecular formula is C16H20ClN3O. The molecule has 0 saturated heterocycles. The first kappa shape index (κ1) is 15.7. The summed E-state index contributed by atoms with van der Waals surface area (Å²) >= 11 is 6.14. The molecule has 0 unspecified atom stereocenters. The lowest BCUT2D eigenvalue weighted by Crippen LogP contribution is -2.24. The van der Waals surface area contributed by atoms with Crippen LogP contribution in [0.2, 0.25) is 5.02 Å². The predicted molar refractivity (Wildman–Crippen MR) is 84.3 cm³/mol. The van der Waals surface area contributed by atoms with Gasteiger partial charge in [-0.3, -0.25) is 4.90 Å². The van der Waals surface area contributed by atoms with Gasteiger partial charge in [-0.25, -0.2) is 0 Å². The molecule has 0 saturated carbocycles. The van der Waals surface area contributed by atoms with Crippen molar-refractivity contribution in [1.29, 1.82) is 0 Å². The lowest BCUT2D eigenvalue weighted by atomic mass is 10.1. The summed E-state index contributed by atoms with van der Waals surface area (Å²) in [6, 6.07) is 7.69. The average molecular weight is 306 g/mol. The summed E-state index contributed by atoms with van der Waals surface area (Å²) in [6.45, 7) is 10.4. The van der Waals surface area contributed by atoms with Crippen LogP contribution in [0.4, 0.5) is 0 Å². The van der Waals surface area contributed by atoms with Crippen LogP contribution in [0, 0.1) is 0 Å². The monoisotopic (exact) mass is 305 g/mol. The highest BCUT2D eigenvalue weighted by Crippen LogP contribution is 2.17. The van der Waals surface area contributed by atoms with Gasteiger partial charge in [0.25, 0.3) is 0 Å². The zero-order valence-electron chi connectivity index (χ0n) is 12.5. The lowest BCUT2D eigenvalue weighted by molar-refractivity contribution is 0.251. The minimum Gasteiger partial charge on any atom is -0.338 e. The number of nitrogens with zero attached hydrogens (tertiary/aromatic N) is 3. The molecule has 5 heteroatoms. The highest BCUT2D eigenvalue weighted by atomic mass is 35.5. The minimum atomic E-state index is 0.579. The van der Waals surface area contributed by atoms with Crippen LogP contribution in [0.15, 0.2) is 40.9 Å². The first-order chi connectivity index (χ1) is 10.1. The molecule has 4 nitrogen and oxygen atoms in total. The van der Waals surface area contributed by atoms with Crippen LogP contribution in [0.5, 0.6) is 0 Å². The summed E-state index contributed by atoms with van der Waals surface area (Å²) in [7, 11) is 0. The van der Waals surface area contributed by atoms with E-state index in [2.05, 4.69) is 28.5 Å². The predicted octanol–water partition coefficient (Wildman–Crippen LogP) is 3.71. The molecule has 0 radical (unpaired) electrons. The van der Waals surface area contributed by atoms with E-state index in [9.17, 15) is 0 Å². The quantitative estimate of drug-likeness (QED) is 0.731. The molecule has 0 aliphatic heterocycles. The summed E-state index contributed by atoms with van der Waals surface area (Å²) in [4.78, 5) is 6.64. The molecule has 21 heavy (non-hydrogen) atoms. The van der Waals surface area contributed by atoms with Gasteiger partial charge in [0, 0.05) is 18.0 Å². The number of rotatable bonds is 7. The van der Waals surface area contributed by atoms with Gasteiger partial charge in [-0.15, -0.1) is 0 Å². The van der Waals surface area contributed by atoms with Crippen LogP contribution in [0.3, 0.4) is 0 Å². The Morgan fingerprint density at radius 2 is 2.14 bits per heavy atom. The SMILES string of the molecule is C=C(C)CN(CC)Cc1nc(Cc2ccccc2Cl)no1. The number of hydrogen-bond acceptors (Lipinski definition) is 4. The van der Waals surface area contributed by atoms with Crippen LogP contribution in [-0.4, -0.2) is 28.1 Å². The number of aromatic nitrogens is 2. The summed E-state index contributed by atoms with van der Waals surface area (Å²) in [5, 5.41) is 4.75. The van der Waals surface area contributed by atoms with Crippen LogP contribution < -0.4 is 0 Å². The van der Waals surface area contributed by atoms with Gasteiger partial charge in [0.1, 0.15) is 0 Å². The lowest BCUT2D eigenvalue weighted by Gasteiger charge is -2.17. The fraction of sp³-hybridized carbons (Fsp3) is 0.375. The molecule has 0 atom stereocenters. The smallest absolute Gasteiger partial charge is 0.240 e. The Kier molecular flexibility index (Phi) is 5.53. The highest BCUT2D eigenvalue weighted by molar-refractivity contribution is 6.31. The standard InChI is InChI=1S/C16H20ClN3O/c1-4-20(10-12(2)3)11-16-18-15(19-21-16)9-13-7-5-6-8-14(13)17/h5-8H,2,4,9-11H2,1,3H3. The van der Waals surface area contributed by atoms with E-state index in [0.717, 1.165) is 29.2 Å². The first-order valence-electron chi connectivity index (χ1n) is 7.00. The molecule has 0 fully saturated rings. The van der Waals surface area contributed by atoms with Gasteiger partial charge < -0.3 is 4.52 Å². The van der Waals surface area contributed by atoms with Crippen molar-refractivity contribution in [2.75, 3.05) is 13.1 Å². The Hall–Kier alpha value is -1.65. The molecule has 0 amide bonds. The molecule has 0 N–H and O–H groups in total. The molecule has 0 spiro atoms. The van der Waals surface area contributed by atoms with Crippen molar-refractivity contribution < 1.29 is 4.52 Å². The van der Waals surface area contributed by atoms with Crippen molar-refractivity contribution in [3.63, 3.8) is 0 Å². The van der Waals surface area contributed by atoms with E-state index in [1.54, 1.807) is 0 Å². The second-order valence-electron chi connectivity index (χ2n) is 5.13. The van der Waals surface area contributed by atoms with Crippen LogP contribution in [0.25, 0.3) is 0 Å². The van der Waals surface area contributed by atoms with Gasteiger partial charge >= 0.3 is 0 Å². The maximum absolute atomic E-state index is 6.14. The number of benzene rings is 1. The van der Waals surface area contributed by atoms with Crippen LogP contribution in [-0.2, 0) is 13.0 Å². The Balaban J connectivity index is 2.01. The van der Waals surface area contributed by atoms with E-state index in [0.29, 0.717) is 24.7 Å². The topological polar surface area (TPSA) is 42.2 Å². The van der Waals surface area contributed by atoms with Gasteiger partial charge in [0.2, 0.25) is 5.89 Å². The van der Waals surface area contributed by atoms with Crippen LogP contribution >= 0.6 is 11.6 Å². The minimum absolute atomic E-state index is 0.579. The van der Waals surface area contributed by atoms with E-state index < -0.39 is 0 Å². The normalized spacial score (nSPS) is 11.0. The second-order valence-corrected chi connectivity index (χ2v) is 5.54. The molecule has 2 aromatic rings. The molecule has 112 valence electrons. The van der Waals surface area contributed by atoms with Crippen molar-refractivity contribution in [3.05, 3.63) is 58.7 Å². The van der Waals surface area contributed by atoms with E-state index in [4.69, 9.17) is 16.1 Å². The van der Waals surface area contributed by atoms with E-state index >= 15 is 0 Å². The third-order valence-electron chi connectivity index (χ3n) is 3.12. The summed E-state index contributed by atoms with van der Waals surface area (Å²) in [5.74, 6) is 1.28. The fourth-order valence-electron chi connectivity index (χ4n) is 2.09. The highest BCUT2D eigenvalue weighted by Gasteiger charge is 2.12. The zero-order chi connectivity index (χ0) is 15.2. The Bertz CT molecular complexity index is 609. The van der Waals surface area contributed by atoms with Crippen molar-refractivity contribution >= 4 is 11.6 Å². The molecule has 1 heterocycles. The molecule has 0 bridgehead atoms. The fourth-order valence-corrected chi connectivity index (χ4v) is 2.29. The molecule has 0 aliphatic rings. The van der Waals surface area contributed by atoms with E-state index in [-0.39, 0.29) is 0 Å². The number of halogens is 1. The third-order valence-corrected chi connectivity index (χ3v) is 3.48. The number of hydrogen-bond donors (Lipinski definition) is 0. The molecule has 2 rings (SSSR count). The van der Waals surface area contributed by atoms with E-state index in [1.807, 2.05) is 31.2 Å². The molecule has 1 aromatic heterocycles. The van der Waals surface area contributed by atoms with Crippen molar-refractivity contribution in [1.82, 2.24) is 15.0 Å². The van der Waals surface area contributed by atoms with Gasteiger partial charge in [-0.2, -0.15) is 4.98 Å². The molecule has 1 aromatic carbocycles. The first-order valence-corrected chi connectivity index (χ1v) is 7.38. The van der Waals surface area contributed by atoms with Gasteiger partial charge in [0.05, 0.1) is 6.54 Å². The van der Waals surface area contributed by atoms with Crippen LogP contribution in [0.1, 0.15) is 31.1 Å². The van der Waals surface area contributed by atoms with Crippen molar-refractivity contribution in [2.24, 2.45) is 0 Å². The second kappa shape index (κ2) is 7.38. The Morgan fingerprint density at radius 3 is 2.81 bits per heavy atom. The average Bonchev–Trinajstić information content (AvgIpc) is 2.87. The molecular weight excluding hydrogens is 286 g/mol. The maximum atomic E-state index is 6.14. The largest absolute Gasteiger partial charge is 0.338 e. The van der Waals surface area contributed by atoms with E-state index in [1.165, 1.54) is 0 Å². The Labute approximate surface area is 130 Å².